The van der Waals surface area contributed by atoms with E-state index in [2.05, 4.69) is 20.3 Å². The number of ether oxygens (including phenoxy) is 3. The third-order valence-corrected chi connectivity index (χ3v) is 4.96. The fourth-order valence-electron chi connectivity index (χ4n) is 2.88. The van der Waals surface area contributed by atoms with E-state index < -0.39 is 23.1 Å². The number of hydrogen-bond donors (Lipinski definition) is 3. The van der Waals surface area contributed by atoms with E-state index in [0.29, 0.717) is 16.8 Å². The summed E-state index contributed by atoms with van der Waals surface area (Å²) in [5.74, 6) is -0.542. The largest absolute Gasteiger partial charge is 0.496 e. The number of nitriles is 1. The number of rotatable bonds is 7. The summed E-state index contributed by atoms with van der Waals surface area (Å²) in [5, 5.41) is 20.8. The van der Waals surface area contributed by atoms with Crippen molar-refractivity contribution in [2.75, 3.05) is 19.0 Å². The highest BCUT2D eigenvalue weighted by molar-refractivity contribution is 6.37. The van der Waals surface area contributed by atoms with Crippen molar-refractivity contribution < 1.29 is 23.8 Å². The van der Waals surface area contributed by atoms with Crippen LogP contribution >= 0.6 is 23.2 Å². The van der Waals surface area contributed by atoms with Gasteiger partial charge in [0.2, 0.25) is 5.88 Å². The molecule has 0 spiro atoms. The Bertz CT molecular complexity index is 1410. The van der Waals surface area contributed by atoms with Crippen LogP contribution in [-0.4, -0.2) is 35.9 Å². The summed E-state index contributed by atoms with van der Waals surface area (Å²) in [5.41, 5.74) is -0.554. The lowest BCUT2D eigenvalue weighted by atomic mass is 10.2. The number of amides is 2. The molecule has 0 radical (unpaired) electrons. The Morgan fingerprint density at radius 2 is 1.97 bits per heavy atom. The lowest BCUT2D eigenvalue weighted by Gasteiger charge is -2.13. The Morgan fingerprint density at radius 3 is 2.60 bits per heavy atom. The zero-order chi connectivity index (χ0) is 25.5. The van der Waals surface area contributed by atoms with Crippen molar-refractivity contribution in [3.63, 3.8) is 0 Å². The molecular weight excluding hydrogens is 501 g/mol. The van der Waals surface area contributed by atoms with Crippen molar-refractivity contribution in [3.05, 3.63) is 62.5 Å². The van der Waals surface area contributed by atoms with E-state index in [-0.39, 0.29) is 33.7 Å². The SMILES string of the molecule is CCOC(=O)NC(=O)/C(C#N)=C\Nc1cc(Cl)c(Oc2n[nH]c(=O)c3c(OC)cccc23)c(Cl)c1. The van der Waals surface area contributed by atoms with Crippen LogP contribution in [0.3, 0.4) is 0 Å². The molecule has 0 unspecified atom stereocenters. The number of anilines is 1. The molecule has 13 heteroatoms. The fraction of sp³-hybridized carbons (Fsp3) is 0.136. The predicted octanol–water partition coefficient (Wildman–Crippen LogP) is 4.12. The Hall–Kier alpha value is -4.27. The molecule has 0 aliphatic rings. The van der Waals surface area contributed by atoms with Crippen LogP contribution in [0.4, 0.5) is 10.5 Å². The number of hydrogen-bond acceptors (Lipinski definition) is 9. The maximum atomic E-state index is 12.2. The van der Waals surface area contributed by atoms with Gasteiger partial charge in [0.05, 0.1) is 34.5 Å². The molecule has 0 saturated carbocycles. The summed E-state index contributed by atoms with van der Waals surface area (Å²) >= 11 is 12.7. The summed E-state index contributed by atoms with van der Waals surface area (Å²) in [6.07, 6.45) is 0.0904. The molecule has 0 fully saturated rings. The van der Waals surface area contributed by atoms with Gasteiger partial charge in [-0.1, -0.05) is 29.3 Å². The molecule has 3 N–H and O–H groups in total. The number of aromatic amines is 1. The van der Waals surface area contributed by atoms with E-state index in [0.717, 1.165) is 6.20 Å². The van der Waals surface area contributed by atoms with Crippen molar-refractivity contribution in [2.45, 2.75) is 6.92 Å². The zero-order valence-corrected chi connectivity index (χ0v) is 19.8. The molecule has 0 saturated heterocycles. The van der Waals surface area contributed by atoms with Gasteiger partial charge in [0, 0.05) is 11.9 Å². The van der Waals surface area contributed by atoms with Gasteiger partial charge in [0.15, 0.2) is 5.75 Å². The average molecular weight is 518 g/mol. The van der Waals surface area contributed by atoms with Gasteiger partial charge in [-0.25, -0.2) is 9.89 Å². The average Bonchev–Trinajstić information content (AvgIpc) is 2.82. The van der Waals surface area contributed by atoms with Crippen LogP contribution in [0.15, 0.2) is 46.9 Å². The van der Waals surface area contributed by atoms with Gasteiger partial charge in [0.25, 0.3) is 11.5 Å². The highest BCUT2D eigenvalue weighted by Crippen LogP contribution is 2.40. The molecule has 1 heterocycles. The quantitative estimate of drug-likeness (QED) is 0.309. The summed E-state index contributed by atoms with van der Waals surface area (Å²) in [6, 6.07) is 9.43. The van der Waals surface area contributed by atoms with Crippen LogP contribution in [0.25, 0.3) is 10.8 Å². The number of aromatic nitrogens is 2. The molecule has 0 atom stereocenters. The molecule has 3 rings (SSSR count). The number of nitrogens with zero attached hydrogens (tertiary/aromatic N) is 2. The minimum atomic E-state index is -0.979. The number of imide groups is 1. The topological polar surface area (TPSA) is 155 Å². The first kappa shape index (κ1) is 25.4. The van der Waals surface area contributed by atoms with Gasteiger partial charge in [-0.2, -0.15) is 5.26 Å². The molecular formula is C22H17Cl2N5O6. The first-order valence-electron chi connectivity index (χ1n) is 9.86. The van der Waals surface area contributed by atoms with Gasteiger partial charge in [-0.3, -0.25) is 14.9 Å². The number of benzene rings is 2. The van der Waals surface area contributed by atoms with Crippen molar-refractivity contribution in [1.82, 2.24) is 15.5 Å². The van der Waals surface area contributed by atoms with Gasteiger partial charge in [-0.05, 0) is 31.2 Å². The summed E-state index contributed by atoms with van der Waals surface area (Å²) in [7, 11) is 1.43. The number of H-pyrrole nitrogens is 1. The third-order valence-electron chi connectivity index (χ3n) is 4.40. The Balaban J connectivity index is 1.86. The minimum Gasteiger partial charge on any atom is -0.496 e. The second-order valence-electron chi connectivity index (χ2n) is 6.60. The lowest BCUT2D eigenvalue weighted by molar-refractivity contribution is -0.116. The van der Waals surface area contributed by atoms with E-state index in [9.17, 15) is 19.6 Å². The molecule has 180 valence electrons. The van der Waals surface area contributed by atoms with Crippen molar-refractivity contribution in [3.8, 4) is 23.4 Å². The molecule has 0 aliphatic heterocycles. The van der Waals surface area contributed by atoms with Crippen LogP contribution < -0.4 is 25.7 Å². The van der Waals surface area contributed by atoms with E-state index in [1.54, 1.807) is 31.2 Å². The van der Waals surface area contributed by atoms with Crippen molar-refractivity contribution >= 4 is 51.7 Å². The summed E-state index contributed by atoms with van der Waals surface area (Å²) < 4.78 is 15.6. The first-order valence-corrected chi connectivity index (χ1v) is 10.6. The summed E-state index contributed by atoms with van der Waals surface area (Å²) in [4.78, 5) is 35.6. The third kappa shape index (κ3) is 5.81. The highest BCUT2D eigenvalue weighted by atomic mass is 35.5. The van der Waals surface area contributed by atoms with E-state index in [1.807, 2.05) is 5.32 Å². The van der Waals surface area contributed by atoms with E-state index in [4.69, 9.17) is 32.7 Å². The first-order chi connectivity index (χ1) is 16.8. The van der Waals surface area contributed by atoms with Crippen molar-refractivity contribution in [1.29, 1.82) is 5.26 Å². The maximum Gasteiger partial charge on any atom is 0.414 e. The normalized spacial score (nSPS) is 10.9. The number of methoxy groups -OCH3 is 1. The molecule has 1 aromatic heterocycles. The smallest absolute Gasteiger partial charge is 0.414 e. The molecule has 3 aromatic rings. The molecule has 0 bridgehead atoms. The Kier molecular flexibility index (Phi) is 8.14. The van der Waals surface area contributed by atoms with Gasteiger partial charge in [-0.15, -0.1) is 5.10 Å². The number of carbonyl (C=O) groups excluding carboxylic acids is 2. The van der Waals surface area contributed by atoms with Crippen LogP contribution in [0.2, 0.25) is 10.0 Å². The van der Waals surface area contributed by atoms with Gasteiger partial charge < -0.3 is 19.5 Å². The van der Waals surface area contributed by atoms with E-state index in [1.165, 1.54) is 19.2 Å². The Morgan fingerprint density at radius 1 is 1.26 bits per heavy atom. The van der Waals surface area contributed by atoms with Crippen LogP contribution in [0, 0.1) is 11.3 Å². The summed E-state index contributed by atoms with van der Waals surface area (Å²) in [6.45, 7) is 1.63. The minimum absolute atomic E-state index is 0.0327. The second kappa shape index (κ2) is 11.2. The number of halogens is 2. The number of carbonyl (C=O) groups is 2. The standard InChI is InChI=1S/C22H17Cl2N5O6/c1-3-34-22(32)27-19(30)11(9-25)10-26-12-7-14(23)18(15(24)8-12)35-21-13-5-4-6-16(33-2)17(13)20(31)28-29-21/h4-8,10,26H,3H2,1-2H3,(H,28,31)(H,27,30,32)/b11-10-. The van der Waals surface area contributed by atoms with Crippen LogP contribution in [0.1, 0.15) is 6.92 Å². The van der Waals surface area contributed by atoms with E-state index >= 15 is 0 Å². The number of fused-ring (bicyclic) bond motifs is 1. The number of nitrogens with one attached hydrogen (secondary N) is 3. The number of alkyl carbamates (subject to hydrolysis) is 1. The lowest BCUT2D eigenvalue weighted by Crippen LogP contribution is -2.32. The highest BCUT2D eigenvalue weighted by Gasteiger charge is 2.17. The monoisotopic (exact) mass is 517 g/mol. The maximum absolute atomic E-state index is 12.2. The van der Waals surface area contributed by atoms with Gasteiger partial charge >= 0.3 is 6.09 Å². The molecule has 2 aromatic carbocycles. The molecule has 0 aliphatic carbocycles. The molecule has 35 heavy (non-hydrogen) atoms. The second-order valence-corrected chi connectivity index (χ2v) is 7.41. The van der Waals surface area contributed by atoms with Crippen LogP contribution in [0.5, 0.6) is 17.4 Å². The zero-order valence-electron chi connectivity index (χ0n) is 18.3. The predicted molar refractivity (Wildman–Crippen MR) is 128 cm³/mol. The Labute approximate surface area is 208 Å². The van der Waals surface area contributed by atoms with Crippen LogP contribution in [-0.2, 0) is 9.53 Å². The molecule has 11 nitrogen and oxygen atoms in total. The van der Waals surface area contributed by atoms with Gasteiger partial charge in [0.1, 0.15) is 17.4 Å². The molecule has 2 amide bonds. The van der Waals surface area contributed by atoms with Crippen molar-refractivity contribution in [2.24, 2.45) is 0 Å². The fourth-order valence-corrected chi connectivity index (χ4v) is 3.44.